The standard InChI is InChI=1S/C26H29O3S/c1-26(2,3)25(30-16-14-28-15-17-30)24(27)20-9-11-22(12-10-20)29-23-13-8-19-6-4-5-7-21(19)18-23/h4-13,18,25H,14-17H2,1-3H3/q+1. The predicted octanol–water partition coefficient (Wildman–Crippen LogP) is 5.88. The van der Waals surface area contributed by atoms with Crippen molar-refractivity contribution in [3.63, 3.8) is 0 Å². The lowest BCUT2D eigenvalue weighted by molar-refractivity contribution is 0.0946. The topological polar surface area (TPSA) is 35.5 Å². The number of rotatable bonds is 5. The van der Waals surface area contributed by atoms with Crippen molar-refractivity contribution in [1.82, 2.24) is 0 Å². The largest absolute Gasteiger partial charge is 0.457 e. The van der Waals surface area contributed by atoms with Gasteiger partial charge in [0.05, 0.1) is 13.2 Å². The molecule has 0 aliphatic carbocycles. The van der Waals surface area contributed by atoms with E-state index in [-0.39, 0.29) is 27.3 Å². The molecule has 4 heteroatoms. The summed E-state index contributed by atoms with van der Waals surface area (Å²) in [4.78, 5) is 13.4. The van der Waals surface area contributed by atoms with Crippen molar-refractivity contribution in [2.45, 2.75) is 26.0 Å². The monoisotopic (exact) mass is 421 g/mol. The van der Waals surface area contributed by atoms with Gasteiger partial charge in [0.15, 0.2) is 5.25 Å². The molecular weight excluding hydrogens is 392 g/mol. The zero-order valence-corrected chi connectivity index (χ0v) is 18.7. The molecule has 4 rings (SSSR count). The van der Waals surface area contributed by atoms with Crippen LogP contribution < -0.4 is 4.74 Å². The molecule has 0 amide bonds. The minimum atomic E-state index is -0.0716. The van der Waals surface area contributed by atoms with Gasteiger partial charge in [-0.3, -0.25) is 4.79 Å². The number of benzene rings is 3. The summed E-state index contributed by atoms with van der Waals surface area (Å²) >= 11 is 0. The van der Waals surface area contributed by atoms with E-state index in [1.165, 1.54) is 5.39 Å². The molecule has 1 aliphatic rings. The third kappa shape index (κ3) is 4.71. The maximum atomic E-state index is 13.4. The molecule has 1 unspecified atom stereocenters. The molecule has 1 aliphatic heterocycles. The molecule has 156 valence electrons. The normalized spacial score (nSPS) is 16.4. The van der Waals surface area contributed by atoms with Crippen LogP contribution in [0.2, 0.25) is 0 Å². The van der Waals surface area contributed by atoms with Gasteiger partial charge >= 0.3 is 0 Å². The molecule has 1 heterocycles. The first-order valence-electron chi connectivity index (χ1n) is 10.5. The van der Waals surface area contributed by atoms with Crippen LogP contribution in [0.4, 0.5) is 0 Å². The van der Waals surface area contributed by atoms with E-state index in [1.54, 1.807) is 0 Å². The lowest BCUT2D eigenvalue weighted by atomic mass is 9.87. The van der Waals surface area contributed by atoms with Crippen molar-refractivity contribution in [2.24, 2.45) is 5.41 Å². The Balaban J connectivity index is 1.51. The Bertz CT molecular complexity index is 1010. The number of Topliss-reactive ketones (excluding diaryl/α,β-unsaturated/α-hetero) is 1. The van der Waals surface area contributed by atoms with Gasteiger partial charge in [-0.2, -0.15) is 0 Å². The van der Waals surface area contributed by atoms with Crippen molar-refractivity contribution >= 4 is 27.5 Å². The summed E-state index contributed by atoms with van der Waals surface area (Å²) in [5.41, 5.74) is 0.692. The summed E-state index contributed by atoms with van der Waals surface area (Å²) in [6, 6.07) is 21.9. The quantitative estimate of drug-likeness (QED) is 0.381. The Labute approximate surface area is 181 Å². The third-order valence-electron chi connectivity index (χ3n) is 5.43. The summed E-state index contributed by atoms with van der Waals surface area (Å²) < 4.78 is 11.6. The molecule has 0 bridgehead atoms. The molecule has 1 atom stereocenters. The van der Waals surface area contributed by atoms with E-state index >= 15 is 0 Å². The summed E-state index contributed by atoms with van der Waals surface area (Å²) in [6.07, 6.45) is 0. The van der Waals surface area contributed by atoms with Gasteiger partial charge in [-0.25, -0.2) is 0 Å². The van der Waals surface area contributed by atoms with Gasteiger partial charge in [0, 0.05) is 21.9 Å². The first kappa shape index (κ1) is 21.0. The minimum Gasteiger partial charge on any atom is -0.457 e. The molecule has 0 N–H and O–H groups in total. The van der Waals surface area contributed by atoms with Gasteiger partial charge in [-0.15, -0.1) is 0 Å². The lowest BCUT2D eigenvalue weighted by Gasteiger charge is -2.31. The van der Waals surface area contributed by atoms with Crippen molar-refractivity contribution in [3.8, 4) is 11.5 Å². The molecule has 3 aromatic rings. The Hall–Kier alpha value is -2.30. The van der Waals surface area contributed by atoms with E-state index in [2.05, 4.69) is 39.0 Å². The average Bonchev–Trinajstić information content (AvgIpc) is 2.74. The first-order chi connectivity index (χ1) is 14.4. The number of ketones is 1. The summed E-state index contributed by atoms with van der Waals surface area (Å²) in [6.45, 7) is 8.06. The van der Waals surface area contributed by atoms with E-state index in [1.807, 2.05) is 48.5 Å². The van der Waals surface area contributed by atoms with Crippen molar-refractivity contribution in [3.05, 3.63) is 72.3 Å². The van der Waals surface area contributed by atoms with Crippen LogP contribution in [0.1, 0.15) is 31.1 Å². The fraction of sp³-hybridized carbons (Fsp3) is 0.346. The molecule has 30 heavy (non-hydrogen) atoms. The van der Waals surface area contributed by atoms with Crippen molar-refractivity contribution in [1.29, 1.82) is 0 Å². The van der Waals surface area contributed by atoms with Crippen LogP contribution in [-0.4, -0.2) is 35.8 Å². The van der Waals surface area contributed by atoms with Crippen LogP contribution in [0.5, 0.6) is 11.5 Å². The van der Waals surface area contributed by atoms with Crippen LogP contribution in [0.25, 0.3) is 10.8 Å². The number of ether oxygens (including phenoxy) is 2. The molecule has 3 nitrogen and oxygen atoms in total. The molecule has 1 fully saturated rings. The molecule has 0 saturated carbocycles. The molecule has 0 spiro atoms. The Kier molecular flexibility index (Phi) is 6.16. The van der Waals surface area contributed by atoms with Gasteiger partial charge in [-0.05, 0) is 47.2 Å². The Morgan fingerprint density at radius 1 is 0.900 bits per heavy atom. The molecule has 3 aromatic carbocycles. The van der Waals surface area contributed by atoms with Crippen molar-refractivity contribution < 1.29 is 14.3 Å². The summed E-state index contributed by atoms with van der Waals surface area (Å²) in [5.74, 6) is 3.74. The van der Waals surface area contributed by atoms with Gasteiger partial charge in [-0.1, -0.05) is 51.1 Å². The second kappa shape index (κ2) is 8.83. The average molecular weight is 422 g/mol. The zero-order chi connectivity index (χ0) is 21.1. The van der Waals surface area contributed by atoms with Crippen LogP contribution in [0.15, 0.2) is 66.7 Å². The second-order valence-electron chi connectivity index (χ2n) is 8.80. The highest BCUT2D eigenvalue weighted by atomic mass is 32.2. The number of hydrogen-bond acceptors (Lipinski definition) is 3. The van der Waals surface area contributed by atoms with E-state index in [0.29, 0.717) is 0 Å². The first-order valence-corrected chi connectivity index (χ1v) is 12.1. The van der Waals surface area contributed by atoms with Crippen molar-refractivity contribution in [2.75, 3.05) is 24.7 Å². The van der Waals surface area contributed by atoms with Crippen LogP contribution in [-0.2, 0) is 15.6 Å². The van der Waals surface area contributed by atoms with Gasteiger partial charge in [0.25, 0.3) is 0 Å². The number of carbonyl (C=O) groups excluding carboxylic acids is 1. The molecule has 0 radical (unpaired) electrons. The molecular formula is C26H29O3S+. The van der Waals surface area contributed by atoms with E-state index < -0.39 is 0 Å². The zero-order valence-electron chi connectivity index (χ0n) is 17.9. The highest BCUT2D eigenvalue weighted by Crippen LogP contribution is 2.32. The fourth-order valence-corrected chi connectivity index (χ4v) is 6.80. The Morgan fingerprint density at radius 3 is 2.20 bits per heavy atom. The van der Waals surface area contributed by atoms with Gasteiger partial charge in [0.1, 0.15) is 23.0 Å². The SMILES string of the molecule is CC(C)(C)C(C(=O)c1ccc(Oc2ccc3ccccc3c2)cc1)[S+]1CCOCC1. The molecule has 1 saturated heterocycles. The summed E-state index contributed by atoms with van der Waals surface area (Å²) in [5, 5.41) is 2.36. The van der Waals surface area contributed by atoms with Crippen LogP contribution >= 0.6 is 0 Å². The Morgan fingerprint density at radius 2 is 1.53 bits per heavy atom. The van der Waals surface area contributed by atoms with E-state index in [0.717, 1.165) is 47.2 Å². The lowest BCUT2D eigenvalue weighted by Crippen LogP contribution is -2.47. The highest BCUT2D eigenvalue weighted by molar-refractivity contribution is 7.98. The second-order valence-corrected chi connectivity index (χ2v) is 11.2. The minimum absolute atomic E-state index is 0.0219. The maximum Gasteiger partial charge on any atom is 0.215 e. The highest BCUT2D eigenvalue weighted by Gasteiger charge is 2.46. The van der Waals surface area contributed by atoms with E-state index in [4.69, 9.17) is 9.47 Å². The smallest absolute Gasteiger partial charge is 0.215 e. The predicted molar refractivity (Wildman–Crippen MR) is 126 cm³/mol. The maximum absolute atomic E-state index is 13.4. The fourth-order valence-electron chi connectivity index (χ4n) is 4.02. The number of fused-ring (bicyclic) bond motifs is 1. The number of hydrogen-bond donors (Lipinski definition) is 0. The van der Waals surface area contributed by atoms with Gasteiger partial charge in [0.2, 0.25) is 5.78 Å². The summed E-state index contributed by atoms with van der Waals surface area (Å²) in [7, 11) is 0.0614. The third-order valence-corrected chi connectivity index (χ3v) is 8.40. The molecule has 0 aromatic heterocycles. The number of carbonyl (C=O) groups is 1. The van der Waals surface area contributed by atoms with E-state index in [9.17, 15) is 4.79 Å². The van der Waals surface area contributed by atoms with Gasteiger partial charge < -0.3 is 9.47 Å². The van der Waals surface area contributed by atoms with Crippen LogP contribution in [0.3, 0.4) is 0 Å². The van der Waals surface area contributed by atoms with Crippen LogP contribution in [0, 0.1) is 5.41 Å².